The van der Waals surface area contributed by atoms with Crippen molar-refractivity contribution in [3.63, 3.8) is 0 Å². The van der Waals surface area contributed by atoms with Crippen LogP contribution in [-0.4, -0.2) is 0 Å². The molecular formula is C29H50. The fourth-order valence-electron chi connectivity index (χ4n) is 6.77. The first-order chi connectivity index (χ1) is 14.3. The maximum Gasteiger partial charge on any atom is -0.0233 e. The maximum absolute atomic E-state index is 3.97. The van der Waals surface area contributed by atoms with E-state index in [2.05, 4.69) is 31.7 Å². The first-order valence-corrected chi connectivity index (χ1v) is 13.6. The summed E-state index contributed by atoms with van der Waals surface area (Å²) in [5, 5.41) is 0. The lowest BCUT2D eigenvalue weighted by atomic mass is 9.68. The molecule has 0 N–H and O–H groups in total. The largest absolute Gasteiger partial charge is 0.103 e. The Labute approximate surface area is 183 Å². The van der Waals surface area contributed by atoms with Crippen molar-refractivity contribution >= 4 is 0 Å². The second kappa shape index (κ2) is 13.0. The molecule has 0 amide bonds. The monoisotopic (exact) mass is 398 g/mol. The summed E-state index contributed by atoms with van der Waals surface area (Å²) in [5.74, 6) is 5.93. The lowest BCUT2D eigenvalue weighted by Gasteiger charge is -2.38. The van der Waals surface area contributed by atoms with Crippen LogP contribution in [0.5, 0.6) is 0 Å². The van der Waals surface area contributed by atoms with Gasteiger partial charge < -0.3 is 0 Å². The molecule has 0 heterocycles. The fourth-order valence-corrected chi connectivity index (χ4v) is 6.77. The second-order valence-electron chi connectivity index (χ2n) is 11.0. The zero-order valence-electron chi connectivity index (χ0n) is 19.6. The van der Waals surface area contributed by atoms with Gasteiger partial charge in [0.1, 0.15) is 0 Å². The molecular weight excluding hydrogens is 348 g/mol. The van der Waals surface area contributed by atoms with Crippen LogP contribution in [0.4, 0.5) is 0 Å². The zero-order valence-corrected chi connectivity index (χ0v) is 19.6. The Bertz CT molecular complexity index is 450. The van der Waals surface area contributed by atoms with Crippen LogP contribution in [-0.2, 0) is 0 Å². The second-order valence-corrected chi connectivity index (χ2v) is 11.0. The normalized spacial score (nSPS) is 36.3. The summed E-state index contributed by atoms with van der Waals surface area (Å²) in [4.78, 5) is 0. The number of allylic oxidation sites excluding steroid dienone is 3. The molecule has 0 radical (unpaired) electrons. The van der Waals surface area contributed by atoms with Crippen LogP contribution in [0, 0.1) is 35.5 Å². The van der Waals surface area contributed by atoms with E-state index < -0.39 is 0 Å². The van der Waals surface area contributed by atoms with Gasteiger partial charge in [-0.3, -0.25) is 0 Å². The Hall–Kier alpha value is -0.520. The van der Waals surface area contributed by atoms with Gasteiger partial charge in [-0.2, -0.15) is 0 Å². The van der Waals surface area contributed by atoms with E-state index in [1.54, 1.807) is 38.5 Å². The summed E-state index contributed by atoms with van der Waals surface area (Å²) in [6, 6.07) is 0. The Balaban J connectivity index is 1.24. The molecule has 0 aromatic rings. The van der Waals surface area contributed by atoms with Gasteiger partial charge in [0, 0.05) is 0 Å². The Morgan fingerprint density at radius 2 is 1.21 bits per heavy atom. The minimum absolute atomic E-state index is 0.797. The minimum atomic E-state index is 0.797. The molecule has 0 aromatic carbocycles. The summed E-state index contributed by atoms with van der Waals surface area (Å²) < 4.78 is 0. The maximum atomic E-state index is 3.97. The van der Waals surface area contributed by atoms with E-state index in [-0.39, 0.29) is 0 Å². The highest BCUT2D eigenvalue weighted by Crippen LogP contribution is 2.43. The van der Waals surface area contributed by atoms with E-state index >= 15 is 0 Å². The molecule has 0 aliphatic heterocycles. The van der Waals surface area contributed by atoms with Crippen LogP contribution in [0.15, 0.2) is 24.8 Å². The molecule has 0 atom stereocenters. The average Bonchev–Trinajstić information content (AvgIpc) is 2.78. The Kier molecular flexibility index (Phi) is 10.4. The standard InChI is InChI=1S/C29H50/c1-3-5-6-9-26-16-20-28(21-17-26)29-22-18-27(19-23-29)11-8-7-10-25-14-12-24(4-2)13-15-25/h4,7,10,24-29H,2-3,5-6,8-9,11-23H2,1H3/b10-7+. The first kappa shape index (κ1) is 23.1. The van der Waals surface area contributed by atoms with Crippen molar-refractivity contribution in [2.45, 2.75) is 122 Å². The molecule has 0 unspecified atom stereocenters. The van der Waals surface area contributed by atoms with E-state index in [9.17, 15) is 0 Å². The summed E-state index contributed by atoms with van der Waals surface area (Å²) in [6.07, 6.45) is 33.8. The van der Waals surface area contributed by atoms with E-state index in [4.69, 9.17) is 0 Å². The van der Waals surface area contributed by atoms with Crippen molar-refractivity contribution in [3.05, 3.63) is 24.8 Å². The molecule has 0 bridgehead atoms. The van der Waals surface area contributed by atoms with Crippen molar-refractivity contribution in [2.24, 2.45) is 35.5 Å². The first-order valence-electron chi connectivity index (χ1n) is 13.6. The van der Waals surface area contributed by atoms with E-state index in [0.29, 0.717) is 0 Å². The van der Waals surface area contributed by atoms with Crippen LogP contribution in [0.1, 0.15) is 122 Å². The number of rotatable bonds is 10. The molecule has 3 aliphatic rings. The molecule has 3 aliphatic carbocycles. The Morgan fingerprint density at radius 1 is 0.655 bits per heavy atom. The van der Waals surface area contributed by atoms with Gasteiger partial charge >= 0.3 is 0 Å². The van der Waals surface area contributed by atoms with Crippen molar-refractivity contribution < 1.29 is 0 Å². The van der Waals surface area contributed by atoms with E-state index in [1.807, 2.05) is 0 Å². The van der Waals surface area contributed by atoms with E-state index in [0.717, 1.165) is 35.5 Å². The molecule has 0 spiro atoms. The third kappa shape index (κ3) is 7.91. The van der Waals surface area contributed by atoms with E-state index in [1.165, 1.54) is 77.0 Å². The molecule has 0 aromatic heterocycles. The average molecular weight is 399 g/mol. The van der Waals surface area contributed by atoms with Gasteiger partial charge in [-0.1, -0.05) is 76.5 Å². The third-order valence-electron chi connectivity index (χ3n) is 8.97. The van der Waals surface area contributed by atoms with Gasteiger partial charge in [0.05, 0.1) is 0 Å². The summed E-state index contributed by atoms with van der Waals surface area (Å²) in [6.45, 7) is 6.30. The molecule has 0 heteroatoms. The van der Waals surface area contributed by atoms with Crippen LogP contribution in [0.2, 0.25) is 0 Å². The highest BCUT2D eigenvalue weighted by Gasteiger charge is 2.30. The molecule has 0 nitrogen and oxygen atoms in total. The van der Waals surface area contributed by atoms with Gasteiger partial charge in [0.2, 0.25) is 0 Å². The summed E-state index contributed by atoms with van der Waals surface area (Å²) >= 11 is 0. The Morgan fingerprint density at radius 3 is 1.76 bits per heavy atom. The smallest absolute Gasteiger partial charge is 0.0233 e. The van der Waals surface area contributed by atoms with Crippen molar-refractivity contribution in [1.82, 2.24) is 0 Å². The molecule has 0 saturated heterocycles. The van der Waals surface area contributed by atoms with Gasteiger partial charge in [-0.25, -0.2) is 0 Å². The highest BCUT2D eigenvalue weighted by molar-refractivity contribution is 4.94. The third-order valence-corrected chi connectivity index (χ3v) is 8.97. The van der Waals surface area contributed by atoms with Crippen molar-refractivity contribution in [2.75, 3.05) is 0 Å². The van der Waals surface area contributed by atoms with Crippen molar-refractivity contribution in [3.8, 4) is 0 Å². The van der Waals surface area contributed by atoms with Gasteiger partial charge in [0.25, 0.3) is 0 Å². The zero-order chi connectivity index (χ0) is 20.3. The molecule has 3 saturated carbocycles. The lowest BCUT2D eigenvalue weighted by molar-refractivity contribution is 0.140. The SMILES string of the molecule is C=CC1CCC(/C=C/CCC2CCC(C3CCC(CCCCC)CC3)CC2)CC1. The fraction of sp³-hybridized carbons (Fsp3) is 0.862. The highest BCUT2D eigenvalue weighted by atomic mass is 14.4. The summed E-state index contributed by atoms with van der Waals surface area (Å²) in [5.41, 5.74) is 0. The number of hydrogen-bond donors (Lipinski definition) is 0. The van der Waals surface area contributed by atoms with Crippen LogP contribution in [0.25, 0.3) is 0 Å². The lowest BCUT2D eigenvalue weighted by Crippen LogP contribution is -2.25. The van der Waals surface area contributed by atoms with Crippen LogP contribution in [0.3, 0.4) is 0 Å². The van der Waals surface area contributed by atoms with Gasteiger partial charge in [0.15, 0.2) is 0 Å². The number of hydrogen-bond acceptors (Lipinski definition) is 0. The van der Waals surface area contributed by atoms with Crippen LogP contribution < -0.4 is 0 Å². The topological polar surface area (TPSA) is 0 Å². The number of unbranched alkanes of at least 4 members (excludes halogenated alkanes) is 2. The molecule has 3 fully saturated rings. The summed E-state index contributed by atoms with van der Waals surface area (Å²) in [7, 11) is 0. The predicted octanol–water partition coefficient (Wildman–Crippen LogP) is 9.51. The quantitative estimate of drug-likeness (QED) is 0.254. The molecule has 29 heavy (non-hydrogen) atoms. The van der Waals surface area contributed by atoms with Gasteiger partial charge in [-0.05, 0) is 99.7 Å². The van der Waals surface area contributed by atoms with Crippen LogP contribution >= 0.6 is 0 Å². The van der Waals surface area contributed by atoms with Gasteiger partial charge in [-0.15, -0.1) is 6.58 Å². The minimum Gasteiger partial charge on any atom is -0.103 e. The molecule has 166 valence electrons. The molecule has 3 rings (SSSR count). The predicted molar refractivity (Wildman–Crippen MR) is 129 cm³/mol. The van der Waals surface area contributed by atoms with Crippen molar-refractivity contribution in [1.29, 1.82) is 0 Å².